The van der Waals surface area contributed by atoms with E-state index in [0.717, 1.165) is 0 Å². The first-order valence-electron chi connectivity index (χ1n) is 7.03. The van der Waals surface area contributed by atoms with E-state index in [2.05, 4.69) is 10.3 Å². The Morgan fingerprint density at radius 1 is 1.41 bits per heavy atom. The topological polar surface area (TPSA) is 83.7 Å². The Balaban J connectivity index is 2.14. The van der Waals surface area contributed by atoms with E-state index in [1.807, 2.05) is 13.8 Å². The van der Waals surface area contributed by atoms with E-state index in [4.69, 9.17) is 11.6 Å². The number of carbonyl (C=O) groups is 2. The van der Waals surface area contributed by atoms with Crippen LogP contribution in [0.3, 0.4) is 0 Å². The number of pyridine rings is 1. The molecule has 0 aliphatic carbocycles. The lowest BCUT2D eigenvalue weighted by atomic mass is 9.97. The molecule has 0 saturated carbocycles. The van der Waals surface area contributed by atoms with Gasteiger partial charge in [0.15, 0.2) is 10.8 Å². The highest BCUT2D eigenvalue weighted by molar-refractivity contribution is 6.32. The molecule has 2 heterocycles. The monoisotopic (exact) mass is 323 g/mol. The Labute approximate surface area is 133 Å². The van der Waals surface area contributed by atoms with Gasteiger partial charge < -0.3 is 10.4 Å². The minimum atomic E-state index is -0.918. The summed E-state index contributed by atoms with van der Waals surface area (Å²) in [5, 5.41) is 11.9. The van der Waals surface area contributed by atoms with E-state index in [0.29, 0.717) is 12.1 Å². The average molecular weight is 324 g/mol. The SMILES string of the molecule is CC(C)C[C@H](CNC(=O)c1c(Cl)nc2ccccn12)C(=O)O. The van der Waals surface area contributed by atoms with Crippen molar-refractivity contribution in [3.05, 3.63) is 35.2 Å². The van der Waals surface area contributed by atoms with Crippen molar-refractivity contribution in [2.24, 2.45) is 11.8 Å². The molecular weight excluding hydrogens is 306 g/mol. The molecule has 2 N–H and O–H groups in total. The Kier molecular flexibility index (Phi) is 5.03. The van der Waals surface area contributed by atoms with Crippen LogP contribution >= 0.6 is 11.6 Å². The van der Waals surface area contributed by atoms with E-state index in [1.165, 1.54) is 0 Å². The normalized spacial score (nSPS) is 12.5. The molecule has 22 heavy (non-hydrogen) atoms. The van der Waals surface area contributed by atoms with Gasteiger partial charge in [-0.25, -0.2) is 4.98 Å². The van der Waals surface area contributed by atoms with E-state index in [-0.39, 0.29) is 23.3 Å². The maximum absolute atomic E-state index is 12.3. The molecule has 1 amide bonds. The van der Waals surface area contributed by atoms with Crippen LogP contribution in [-0.2, 0) is 4.79 Å². The first-order chi connectivity index (χ1) is 10.4. The molecule has 0 fully saturated rings. The zero-order chi connectivity index (χ0) is 16.3. The second-order valence-electron chi connectivity index (χ2n) is 5.55. The minimum absolute atomic E-state index is 0.0583. The highest BCUT2D eigenvalue weighted by Gasteiger charge is 2.22. The van der Waals surface area contributed by atoms with E-state index < -0.39 is 17.8 Å². The molecule has 0 unspecified atom stereocenters. The van der Waals surface area contributed by atoms with Crippen molar-refractivity contribution >= 4 is 29.1 Å². The van der Waals surface area contributed by atoms with Crippen molar-refractivity contribution in [3.63, 3.8) is 0 Å². The standard InChI is InChI=1S/C15H18ClN3O3/c1-9(2)7-10(15(21)22)8-17-14(20)12-13(16)18-11-5-3-4-6-19(11)12/h3-6,9-10H,7-8H2,1-2H3,(H,17,20)(H,21,22)/t10-/m1/s1. The summed E-state index contributed by atoms with van der Waals surface area (Å²) in [5.74, 6) is -1.74. The van der Waals surface area contributed by atoms with Crippen LogP contribution < -0.4 is 5.32 Å². The van der Waals surface area contributed by atoms with Crippen LogP contribution in [0.4, 0.5) is 0 Å². The van der Waals surface area contributed by atoms with Crippen molar-refractivity contribution < 1.29 is 14.7 Å². The van der Waals surface area contributed by atoms with Gasteiger partial charge >= 0.3 is 5.97 Å². The summed E-state index contributed by atoms with van der Waals surface area (Å²) in [6.45, 7) is 3.95. The smallest absolute Gasteiger partial charge is 0.308 e. The maximum atomic E-state index is 12.3. The molecule has 0 aromatic carbocycles. The number of aliphatic carboxylic acids is 1. The molecule has 6 nitrogen and oxygen atoms in total. The van der Waals surface area contributed by atoms with Crippen LogP contribution in [0, 0.1) is 11.8 Å². The molecule has 1 atom stereocenters. The fourth-order valence-corrected chi connectivity index (χ4v) is 2.57. The van der Waals surface area contributed by atoms with Gasteiger partial charge in [0.25, 0.3) is 5.91 Å². The molecule has 118 valence electrons. The summed E-state index contributed by atoms with van der Waals surface area (Å²) in [7, 11) is 0. The quantitative estimate of drug-likeness (QED) is 0.855. The van der Waals surface area contributed by atoms with Gasteiger partial charge in [0.2, 0.25) is 0 Å². The fourth-order valence-electron chi connectivity index (χ4n) is 2.31. The molecule has 0 aliphatic heterocycles. The molecule has 2 rings (SSSR count). The average Bonchev–Trinajstić information content (AvgIpc) is 2.78. The number of nitrogens with zero attached hydrogens (tertiary/aromatic N) is 2. The number of rotatable bonds is 6. The molecular formula is C15H18ClN3O3. The van der Waals surface area contributed by atoms with Crippen molar-refractivity contribution in [3.8, 4) is 0 Å². The van der Waals surface area contributed by atoms with Crippen LogP contribution in [0.2, 0.25) is 5.15 Å². The van der Waals surface area contributed by atoms with Crippen molar-refractivity contribution in [1.29, 1.82) is 0 Å². The van der Waals surface area contributed by atoms with Crippen LogP contribution in [0.5, 0.6) is 0 Å². The minimum Gasteiger partial charge on any atom is -0.481 e. The number of imidazole rings is 1. The summed E-state index contributed by atoms with van der Waals surface area (Å²) in [5.41, 5.74) is 0.778. The van der Waals surface area contributed by atoms with Gasteiger partial charge in [0, 0.05) is 12.7 Å². The van der Waals surface area contributed by atoms with Crippen LogP contribution in [0.25, 0.3) is 5.65 Å². The lowest BCUT2D eigenvalue weighted by Crippen LogP contribution is -2.34. The van der Waals surface area contributed by atoms with Gasteiger partial charge in [-0.2, -0.15) is 0 Å². The Morgan fingerprint density at radius 2 is 2.14 bits per heavy atom. The van der Waals surface area contributed by atoms with Gasteiger partial charge in [-0.1, -0.05) is 31.5 Å². The zero-order valence-electron chi connectivity index (χ0n) is 12.4. The van der Waals surface area contributed by atoms with Crippen molar-refractivity contribution in [2.75, 3.05) is 6.54 Å². The number of aromatic nitrogens is 2. The number of carboxylic acids is 1. The highest BCUT2D eigenvalue weighted by Crippen LogP contribution is 2.18. The number of fused-ring (bicyclic) bond motifs is 1. The first kappa shape index (κ1) is 16.3. The van der Waals surface area contributed by atoms with Crippen molar-refractivity contribution in [2.45, 2.75) is 20.3 Å². The predicted molar refractivity (Wildman–Crippen MR) is 83.1 cm³/mol. The summed E-state index contributed by atoms with van der Waals surface area (Å²) >= 11 is 6.02. The lowest BCUT2D eigenvalue weighted by Gasteiger charge is -2.15. The fraction of sp³-hybridized carbons (Fsp3) is 0.400. The summed E-state index contributed by atoms with van der Waals surface area (Å²) in [6.07, 6.45) is 2.18. The predicted octanol–water partition coefficient (Wildman–Crippen LogP) is 2.46. The third kappa shape index (κ3) is 3.57. The number of halogens is 1. The Morgan fingerprint density at radius 3 is 2.77 bits per heavy atom. The summed E-state index contributed by atoms with van der Waals surface area (Å²) < 4.78 is 1.58. The molecule has 0 saturated heterocycles. The number of hydrogen-bond acceptors (Lipinski definition) is 3. The second-order valence-corrected chi connectivity index (χ2v) is 5.91. The molecule has 0 spiro atoms. The summed E-state index contributed by atoms with van der Waals surface area (Å²) in [4.78, 5) is 27.6. The van der Waals surface area contributed by atoms with E-state index in [9.17, 15) is 14.7 Å². The third-order valence-electron chi connectivity index (χ3n) is 3.32. The first-order valence-corrected chi connectivity index (χ1v) is 7.41. The van der Waals surface area contributed by atoms with Crippen molar-refractivity contribution in [1.82, 2.24) is 14.7 Å². The number of hydrogen-bond donors (Lipinski definition) is 2. The number of amides is 1. The Hall–Kier alpha value is -2.08. The summed E-state index contributed by atoms with van der Waals surface area (Å²) in [6, 6.07) is 5.30. The highest BCUT2D eigenvalue weighted by atomic mass is 35.5. The van der Waals surface area contributed by atoms with Crippen LogP contribution in [0.15, 0.2) is 24.4 Å². The van der Waals surface area contributed by atoms with Gasteiger partial charge in [0.05, 0.1) is 5.92 Å². The molecule has 2 aromatic rings. The third-order valence-corrected chi connectivity index (χ3v) is 3.58. The van der Waals surface area contributed by atoms with E-state index in [1.54, 1.807) is 28.8 Å². The molecule has 7 heteroatoms. The van der Waals surface area contributed by atoms with E-state index >= 15 is 0 Å². The number of carbonyl (C=O) groups excluding carboxylic acids is 1. The molecule has 0 radical (unpaired) electrons. The molecule has 2 aromatic heterocycles. The molecule has 0 bridgehead atoms. The second kappa shape index (κ2) is 6.79. The largest absolute Gasteiger partial charge is 0.481 e. The van der Waals surface area contributed by atoms with Gasteiger partial charge in [-0.15, -0.1) is 0 Å². The van der Waals surface area contributed by atoms with Crippen LogP contribution in [0.1, 0.15) is 30.8 Å². The Bertz CT molecular complexity index is 696. The lowest BCUT2D eigenvalue weighted by molar-refractivity contribution is -0.142. The van der Waals surface area contributed by atoms with Gasteiger partial charge in [0.1, 0.15) is 5.65 Å². The molecule has 0 aliphatic rings. The van der Waals surface area contributed by atoms with Gasteiger partial charge in [-0.05, 0) is 24.5 Å². The zero-order valence-corrected chi connectivity index (χ0v) is 13.2. The number of carboxylic acid groups (broad SMARTS) is 1. The van der Waals surface area contributed by atoms with Crippen LogP contribution in [-0.4, -0.2) is 32.9 Å². The van der Waals surface area contributed by atoms with Gasteiger partial charge in [-0.3, -0.25) is 14.0 Å². The number of nitrogens with one attached hydrogen (secondary N) is 1. The maximum Gasteiger partial charge on any atom is 0.308 e.